The molecule has 0 aromatic heterocycles. The highest BCUT2D eigenvalue weighted by molar-refractivity contribution is 7.47. The third-order valence-electron chi connectivity index (χ3n) is 12.0. The van der Waals surface area contributed by atoms with Crippen molar-refractivity contribution in [3.63, 3.8) is 0 Å². The average Bonchev–Trinajstić information content (AvgIpc) is 3.24. The van der Waals surface area contributed by atoms with Gasteiger partial charge in [0, 0.05) is 13.0 Å². The van der Waals surface area contributed by atoms with Crippen LogP contribution in [0, 0.1) is 0 Å². The number of phosphoric acid groups is 1. The Labute approximate surface area is 392 Å². The van der Waals surface area contributed by atoms with Crippen molar-refractivity contribution in [1.29, 1.82) is 0 Å². The quantitative estimate of drug-likeness (QED) is 0.0214. The van der Waals surface area contributed by atoms with E-state index in [0.717, 1.165) is 57.8 Å². The maximum atomic E-state index is 12.7. The molecule has 0 saturated heterocycles. The largest absolute Gasteiger partial charge is 0.472 e. The zero-order valence-electron chi connectivity index (χ0n) is 42.6. The molecule has 0 aliphatic carbocycles. The minimum Gasteiger partial charge on any atom is -0.457 e. The summed E-state index contributed by atoms with van der Waals surface area (Å²) in [5, 5.41) is 0. The Morgan fingerprint density at radius 1 is 0.492 bits per heavy atom. The smallest absolute Gasteiger partial charge is 0.457 e. The number of carbonyl (C=O) groups excluding carboxylic acids is 1. The maximum Gasteiger partial charge on any atom is 0.472 e. The van der Waals surface area contributed by atoms with Crippen LogP contribution in [0.25, 0.3) is 0 Å². The van der Waals surface area contributed by atoms with Crippen LogP contribution < -0.4 is 0 Å². The minimum atomic E-state index is -4.28. The van der Waals surface area contributed by atoms with Crippen LogP contribution in [0.3, 0.4) is 0 Å². The van der Waals surface area contributed by atoms with Crippen molar-refractivity contribution in [3.05, 3.63) is 24.3 Å². The van der Waals surface area contributed by atoms with Gasteiger partial charge in [-0.1, -0.05) is 231 Å². The number of carbonyl (C=O) groups is 1. The topological polar surface area (TPSA) is 91.3 Å². The predicted octanol–water partition coefficient (Wildman–Crippen LogP) is 16.7. The Kier molecular flexibility index (Phi) is 46.7. The number of quaternary nitrogens is 1. The van der Waals surface area contributed by atoms with Crippen molar-refractivity contribution in [2.75, 3.05) is 54.1 Å². The minimum absolute atomic E-state index is 0.0880. The van der Waals surface area contributed by atoms with E-state index in [1.54, 1.807) is 0 Å². The zero-order chi connectivity index (χ0) is 46.2. The summed E-state index contributed by atoms with van der Waals surface area (Å²) >= 11 is 0. The van der Waals surface area contributed by atoms with E-state index in [1.165, 1.54) is 180 Å². The number of likely N-dealkylation sites (N-methyl/N-ethyl adjacent to an activating group) is 1. The van der Waals surface area contributed by atoms with Crippen LogP contribution in [0.1, 0.15) is 258 Å². The first-order valence-electron chi connectivity index (χ1n) is 27.1. The van der Waals surface area contributed by atoms with Gasteiger partial charge in [-0.15, -0.1) is 0 Å². The average molecular weight is 913 g/mol. The molecule has 0 rings (SSSR count). The van der Waals surface area contributed by atoms with Crippen molar-refractivity contribution in [2.24, 2.45) is 0 Å². The van der Waals surface area contributed by atoms with Gasteiger partial charge in [0.1, 0.15) is 19.3 Å². The fourth-order valence-electron chi connectivity index (χ4n) is 7.82. The molecule has 0 aromatic rings. The van der Waals surface area contributed by atoms with E-state index in [2.05, 4.69) is 38.2 Å². The van der Waals surface area contributed by atoms with E-state index in [-0.39, 0.29) is 25.8 Å². The molecule has 0 radical (unpaired) electrons. The molecule has 0 fully saturated rings. The molecule has 0 aliphatic heterocycles. The van der Waals surface area contributed by atoms with Gasteiger partial charge in [-0.05, 0) is 44.9 Å². The molecule has 0 heterocycles. The molecule has 0 saturated carbocycles. The van der Waals surface area contributed by atoms with Gasteiger partial charge in [-0.25, -0.2) is 4.57 Å². The van der Waals surface area contributed by atoms with E-state index < -0.39 is 13.9 Å². The van der Waals surface area contributed by atoms with Crippen LogP contribution >= 0.6 is 7.82 Å². The first-order valence-corrected chi connectivity index (χ1v) is 28.6. The molecule has 2 atom stereocenters. The van der Waals surface area contributed by atoms with Crippen LogP contribution in [-0.2, 0) is 27.9 Å². The molecule has 0 spiro atoms. The fourth-order valence-corrected chi connectivity index (χ4v) is 8.56. The summed E-state index contributed by atoms with van der Waals surface area (Å²) in [6, 6.07) is 0. The number of nitrogens with zero attached hydrogens (tertiary/aromatic N) is 1. The van der Waals surface area contributed by atoms with E-state index in [1.807, 2.05) is 21.1 Å². The number of ether oxygens (including phenoxy) is 2. The number of allylic oxidation sites excluding steroid dienone is 4. The van der Waals surface area contributed by atoms with Gasteiger partial charge < -0.3 is 18.9 Å². The second kappa shape index (κ2) is 47.5. The van der Waals surface area contributed by atoms with Crippen LogP contribution in [0.5, 0.6) is 0 Å². The van der Waals surface area contributed by atoms with Crippen molar-refractivity contribution in [1.82, 2.24) is 0 Å². The second-order valence-corrected chi connectivity index (χ2v) is 21.1. The molecule has 0 aromatic carbocycles. The summed E-state index contributed by atoms with van der Waals surface area (Å²) in [6.07, 6.45) is 56.7. The lowest BCUT2D eigenvalue weighted by Crippen LogP contribution is -2.37. The van der Waals surface area contributed by atoms with Gasteiger partial charge >= 0.3 is 13.8 Å². The molecule has 374 valence electrons. The first kappa shape index (κ1) is 62.0. The highest BCUT2D eigenvalue weighted by atomic mass is 31.2. The molecule has 9 heteroatoms. The van der Waals surface area contributed by atoms with E-state index >= 15 is 0 Å². The molecule has 8 nitrogen and oxygen atoms in total. The molecular weight excluding hydrogens is 806 g/mol. The Morgan fingerprint density at radius 2 is 0.873 bits per heavy atom. The lowest BCUT2D eigenvalue weighted by atomic mass is 10.0. The Balaban J connectivity index is 4.04. The highest BCUT2D eigenvalue weighted by Gasteiger charge is 2.26. The lowest BCUT2D eigenvalue weighted by molar-refractivity contribution is -0.870. The van der Waals surface area contributed by atoms with Crippen molar-refractivity contribution < 1.29 is 37.3 Å². The molecule has 0 aliphatic rings. The third-order valence-corrected chi connectivity index (χ3v) is 13.0. The number of unbranched alkanes of at least 4 members (excludes halogenated alkanes) is 33. The zero-order valence-corrected chi connectivity index (χ0v) is 43.5. The van der Waals surface area contributed by atoms with E-state index in [4.69, 9.17) is 18.5 Å². The number of hydrogen-bond donors (Lipinski definition) is 1. The predicted molar refractivity (Wildman–Crippen MR) is 270 cm³/mol. The van der Waals surface area contributed by atoms with Gasteiger partial charge in [-0.2, -0.15) is 0 Å². The summed E-state index contributed by atoms with van der Waals surface area (Å²) in [5.41, 5.74) is 0. The highest BCUT2D eigenvalue weighted by Crippen LogP contribution is 2.43. The fraction of sp³-hybridized carbons (Fsp3) is 0.907. The number of rotatable bonds is 51. The lowest BCUT2D eigenvalue weighted by Gasteiger charge is -2.24. The molecule has 0 amide bonds. The Hall–Kier alpha value is -1.02. The molecule has 1 N–H and O–H groups in total. The van der Waals surface area contributed by atoms with Crippen LogP contribution in [-0.4, -0.2) is 75.6 Å². The number of phosphoric ester groups is 1. The van der Waals surface area contributed by atoms with Crippen molar-refractivity contribution in [3.8, 4) is 0 Å². The van der Waals surface area contributed by atoms with E-state index in [9.17, 15) is 14.3 Å². The van der Waals surface area contributed by atoms with Gasteiger partial charge in [0.15, 0.2) is 0 Å². The standard InChI is InChI=1S/C54H106NO7P/c1-6-8-10-12-14-16-18-20-22-24-25-26-27-28-29-30-31-32-34-36-38-40-42-44-46-49-59-51-53(52-61-63(57,58)60-50-48-55(3,4)5)62-54(56)47-45-43-41-39-37-35-33-23-21-19-17-15-13-11-9-7-2/h17,19,23,33,53H,6-16,18,20-22,24-32,34-52H2,1-5H3/p+1/b19-17-,33-23-. The van der Waals surface area contributed by atoms with E-state index in [0.29, 0.717) is 24.1 Å². The normalized spacial score (nSPS) is 13.7. The van der Waals surface area contributed by atoms with Crippen LogP contribution in [0.2, 0.25) is 0 Å². The van der Waals surface area contributed by atoms with Crippen molar-refractivity contribution in [2.45, 2.75) is 264 Å². The molecule has 63 heavy (non-hydrogen) atoms. The number of esters is 1. The second-order valence-electron chi connectivity index (χ2n) is 19.6. The van der Waals surface area contributed by atoms with Crippen molar-refractivity contribution >= 4 is 13.8 Å². The van der Waals surface area contributed by atoms with Crippen LogP contribution in [0.4, 0.5) is 0 Å². The summed E-state index contributed by atoms with van der Waals surface area (Å²) in [4.78, 5) is 23.0. The van der Waals surface area contributed by atoms with Gasteiger partial charge in [0.25, 0.3) is 0 Å². The Morgan fingerprint density at radius 3 is 1.30 bits per heavy atom. The molecule has 0 bridgehead atoms. The summed E-state index contributed by atoms with van der Waals surface area (Å²) in [5.74, 6) is -0.322. The summed E-state index contributed by atoms with van der Waals surface area (Å²) in [6.45, 7) is 5.64. The van der Waals surface area contributed by atoms with Gasteiger partial charge in [-0.3, -0.25) is 13.8 Å². The first-order chi connectivity index (χ1) is 30.6. The third kappa shape index (κ3) is 51.8. The molecule has 2 unspecified atom stereocenters. The SMILES string of the molecule is CCCCCC/C=C\C/C=C\CCCCCCCC(=O)OC(COCCCCCCCCCCCCCCCCCCCCCCCCCCC)COP(=O)(O)OCC[N+](C)(C)C. The van der Waals surface area contributed by atoms with Gasteiger partial charge in [0.2, 0.25) is 0 Å². The number of hydrogen-bond acceptors (Lipinski definition) is 6. The summed E-state index contributed by atoms with van der Waals surface area (Å²) < 4.78 is 35.2. The maximum absolute atomic E-state index is 12.7. The Bertz CT molecular complexity index is 1060. The molecular formula is C54H107NO7P+. The van der Waals surface area contributed by atoms with Gasteiger partial charge in [0.05, 0.1) is 34.4 Å². The monoisotopic (exact) mass is 913 g/mol. The van der Waals surface area contributed by atoms with Crippen LogP contribution in [0.15, 0.2) is 24.3 Å². The summed E-state index contributed by atoms with van der Waals surface area (Å²) in [7, 11) is 1.67.